The van der Waals surface area contributed by atoms with Gasteiger partial charge in [-0.05, 0) is 57.5 Å². The molecule has 0 atom stereocenters. The molecule has 0 bridgehead atoms. The molecule has 1 aromatic heterocycles. The van der Waals surface area contributed by atoms with Crippen LogP contribution in [0.2, 0.25) is 0 Å². The van der Waals surface area contributed by atoms with Crippen molar-refractivity contribution in [3.63, 3.8) is 0 Å². The molecule has 0 unspecified atom stereocenters. The van der Waals surface area contributed by atoms with Gasteiger partial charge in [0, 0.05) is 11.9 Å². The second-order valence-corrected chi connectivity index (χ2v) is 6.15. The normalized spacial score (nSPS) is 11.4. The van der Waals surface area contributed by atoms with Gasteiger partial charge in [-0.15, -0.1) is 0 Å². The third kappa shape index (κ3) is 3.62. The number of hydrogen-bond donors (Lipinski definition) is 2. The number of aromatic nitrogens is 2. The Morgan fingerprint density at radius 2 is 2.05 bits per heavy atom. The maximum Gasteiger partial charge on any atom is 0.335 e. The van der Waals surface area contributed by atoms with E-state index >= 15 is 0 Å². The molecule has 0 radical (unpaired) electrons. The fraction of sp³-hybridized carbons (Fsp3) is 0.375. The van der Waals surface area contributed by atoms with Crippen LogP contribution in [0.25, 0.3) is 0 Å². The minimum Gasteiger partial charge on any atom is -0.478 e. The summed E-state index contributed by atoms with van der Waals surface area (Å²) in [5, 5.41) is 16.7. The van der Waals surface area contributed by atoms with E-state index in [1.165, 1.54) is 0 Å². The van der Waals surface area contributed by atoms with E-state index in [0.717, 1.165) is 16.9 Å². The number of hydrogen-bond acceptors (Lipinski definition) is 3. The highest BCUT2D eigenvalue weighted by Gasteiger charge is 2.17. The Labute approximate surface area is 124 Å². The summed E-state index contributed by atoms with van der Waals surface area (Å²) in [6.45, 7) is 8.77. The molecule has 0 aliphatic rings. The van der Waals surface area contributed by atoms with Crippen molar-refractivity contribution >= 4 is 11.7 Å². The van der Waals surface area contributed by atoms with Crippen LogP contribution in [-0.2, 0) is 12.1 Å². The first-order valence-corrected chi connectivity index (χ1v) is 6.89. The lowest BCUT2D eigenvalue weighted by Crippen LogP contribution is -2.26. The van der Waals surface area contributed by atoms with Crippen molar-refractivity contribution in [1.29, 1.82) is 0 Å². The van der Waals surface area contributed by atoms with Gasteiger partial charge in [-0.1, -0.05) is 0 Å². The molecule has 0 saturated carbocycles. The van der Waals surface area contributed by atoms with Gasteiger partial charge in [0.2, 0.25) is 0 Å². The van der Waals surface area contributed by atoms with Crippen molar-refractivity contribution in [2.45, 2.75) is 39.8 Å². The fourth-order valence-electron chi connectivity index (χ4n) is 2.27. The number of carboxylic acids is 1. The first-order chi connectivity index (χ1) is 9.77. The van der Waals surface area contributed by atoms with E-state index in [1.54, 1.807) is 18.3 Å². The predicted octanol–water partition coefficient (Wildman–Crippen LogP) is 3.26. The minimum absolute atomic E-state index is 0.0840. The summed E-state index contributed by atoms with van der Waals surface area (Å²) in [6, 6.07) is 7.20. The molecule has 2 N–H and O–H groups in total. The third-order valence-electron chi connectivity index (χ3n) is 3.15. The van der Waals surface area contributed by atoms with E-state index in [4.69, 9.17) is 5.11 Å². The molecule has 5 heteroatoms. The van der Waals surface area contributed by atoms with Gasteiger partial charge in [-0.3, -0.25) is 4.68 Å². The quantitative estimate of drug-likeness (QED) is 0.905. The average Bonchev–Trinajstić information content (AvgIpc) is 2.83. The molecule has 1 aromatic carbocycles. The highest BCUT2D eigenvalue weighted by molar-refractivity contribution is 5.89. The van der Waals surface area contributed by atoms with Crippen molar-refractivity contribution in [2.75, 3.05) is 5.32 Å². The molecule has 0 saturated heterocycles. The predicted molar refractivity (Wildman–Crippen MR) is 82.7 cm³/mol. The van der Waals surface area contributed by atoms with Crippen LogP contribution < -0.4 is 5.32 Å². The van der Waals surface area contributed by atoms with Crippen LogP contribution in [0.3, 0.4) is 0 Å². The van der Waals surface area contributed by atoms with Crippen molar-refractivity contribution in [3.05, 3.63) is 47.3 Å². The van der Waals surface area contributed by atoms with Crippen LogP contribution in [0.15, 0.2) is 30.5 Å². The summed E-state index contributed by atoms with van der Waals surface area (Å²) >= 11 is 0. The second-order valence-electron chi connectivity index (χ2n) is 6.15. The molecule has 5 nitrogen and oxygen atoms in total. The van der Waals surface area contributed by atoms with Gasteiger partial charge in [0.15, 0.2) is 0 Å². The van der Waals surface area contributed by atoms with Crippen molar-refractivity contribution in [2.24, 2.45) is 0 Å². The molecule has 112 valence electrons. The van der Waals surface area contributed by atoms with Crippen LogP contribution in [0, 0.1) is 6.92 Å². The summed E-state index contributed by atoms with van der Waals surface area (Å²) in [6.07, 6.45) is 1.78. The molecule has 0 spiro atoms. The van der Waals surface area contributed by atoms with E-state index in [9.17, 15) is 4.79 Å². The van der Waals surface area contributed by atoms with E-state index in [-0.39, 0.29) is 5.54 Å². The fourth-order valence-corrected chi connectivity index (χ4v) is 2.27. The van der Waals surface area contributed by atoms with Gasteiger partial charge in [-0.25, -0.2) is 4.79 Å². The van der Waals surface area contributed by atoms with Crippen molar-refractivity contribution in [1.82, 2.24) is 9.78 Å². The van der Waals surface area contributed by atoms with E-state index in [1.807, 2.05) is 23.7 Å². The number of anilines is 1. The number of aryl methyl sites for hydroxylation is 1. The maximum absolute atomic E-state index is 11.1. The SMILES string of the molecule is Cc1cc(NCc2ccnn2C(C)(C)C)cc(C(=O)O)c1. The lowest BCUT2D eigenvalue weighted by molar-refractivity contribution is 0.0697. The molecular weight excluding hydrogens is 266 g/mol. The molecular formula is C16H21N3O2. The number of rotatable bonds is 4. The minimum atomic E-state index is -0.915. The lowest BCUT2D eigenvalue weighted by atomic mass is 10.1. The zero-order valence-corrected chi connectivity index (χ0v) is 12.8. The summed E-state index contributed by atoms with van der Waals surface area (Å²) in [5.41, 5.74) is 2.98. The number of nitrogens with zero attached hydrogens (tertiary/aromatic N) is 2. The summed E-state index contributed by atoms with van der Waals surface area (Å²) in [5.74, 6) is -0.915. The smallest absolute Gasteiger partial charge is 0.335 e. The van der Waals surface area contributed by atoms with Crippen LogP contribution in [0.5, 0.6) is 0 Å². The standard InChI is InChI=1S/C16H21N3O2/c1-11-7-12(15(20)21)9-13(8-11)17-10-14-5-6-18-19(14)16(2,3)4/h5-9,17H,10H2,1-4H3,(H,20,21). The van der Waals surface area contributed by atoms with Crippen LogP contribution in [0.1, 0.15) is 42.4 Å². The highest BCUT2D eigenvalue weighted by Crippen LogP contribution is 2.18. The molecule has 0 fully saturated rings. The summed E-state index contributed by atoms with van der Waals surface area (Å²) in [7, 11) is 0. The average molecular weight is 287 g/mol. The molecule has 1 heterocycles. The van der Waals surface area contributed by atoms with E-state index in [0.29, 0.717) is 12.1 Å². The Kier molecular flexibility index (Phi) is 4.02. The second kappa shape index (κ2) is 5.60. The zero-order valence-electron chi connectivity index (χ0n) is 12.8. The maximum atomic E-state index is 11.1. The van der Waals surface area contributed by atoms with Crippen molar-refractivity contribution < 1.29 is 9.90 Å². The van der Waals surface area contributed by atoms with E-state index in [2.05, 4.69) is 31.2 Å². The lowest BCUT2D eigenvalue weighted by Gasteiger charge is -2.22. The molecule has 21 heavy (non-hydrogen) atoms. The van der Waals surface area contributed by atoms with Gasteiger partial charge in [0.25, 0.3) is 0 Å². The molecule has 0 aliphatic heterocycles. The number of carbonyl (C=O) groups is 1. The topological polar surface area (TPSA) is 67.2 Å². The molecule has 2 rings (SSSR count). The monoisotopic (exact) mass is 287 g/mol. The Hall–Kier alpha value is -2.30. The first kappa shape index (κ1) is 15.1. The highest BCUT2D eigenvalue weighted by atomic mass is 16.4. The van der Waals surface area contributed by atoms with Gasteiger partial charge >= 0.3 is 5.97 Å². The molecule has 2 aromatic rings. The zero-order chi connectivity index (χ0) is 15.6. The number of aromatic carboxylic acids is 1. The Balaban J connectivity index is 2.18. The van der Waals surface area contributed by atoms with Crippen LogP contribution >= 0.6 is 0 Å². The van der Waals surface area contributed by atoms with E-state index < -0.39 is 5.97 Å². The number of nitrogens with one attached hydrogen (secondary N) is 1. The summed E-state index contributed by atoms with van der Waals surface area (Å²) < 4.78 is 1.97. The van der Waals surface area contributed by atoms with Crippen LogP contribution in [0.4, 0.5) is 5.69 Å². The van der Waals surface area contributed by atoms with Crippen molar-refractivity contribution in [3.8, 4) is 0 Å². The van der Waals surface area contributed by atoms with Gasteiger partial charge in [-0.2, -0.15) is 5.10 Å². The number of benzene rings is 1. The van der Waals surface area contributed by atoms with Gasteiger partial charge in [0.1, 0.15) is 0 Å². The Bertz CT molecular complexity index is 654. The Morgan fingerprint density at radius 3 is 2.67 bits per heavy atom. The molecule has 0 amide bonds. The Morgan fingerprint density at radius 1 is 1.33 bits per heavy atom. The van der Waals surface area contributed by atoms with Crippen LogP contribution in [-0.4, -0.2) is 20.9 Å². The van der Waals surface area contributed by atoms with Gasteiger partial charge in [0.05, 0.1) is 23.3 Å². The summed E-state index contributed by atoms with van der Waals surface area (Å²) in [4.78, 5) is 11.1. The largest absolute Gasteiger partial charge is 0.478 e. The van der Waals surface area contributed by atoms with Gasteiger partial charge < -0.3 is 10.4 Å². The first-order valence-electron chi connectivity index (χ1n) is 6.89. The third-order valence-corrected chi connectivity index (χ3v) is 3.15. The number of carboxylic acid groups (broad SMARTS) is 1. The molecule has 0 aliphatic carbocycles.